The van der Waals surface area contributed by atoms with Gasteiger partial charge in [-0.3, -0.25) is 19.3 Å². The fraction of sp³-hybridized carbons (Fsp3) is 0.346. The van der Waals surface area contributed by atoms with E-state index in [2.05, 4.69) is 10.6 Å². The molecule has 0 aromatic heterocycles. The number of amides is 3. The quantitative estimate of drug-likeness (QED) is 0.579. The number of halogens is 1. The molecule has 172 valence electrons. The largest absolute Gasteiger partial charge is 0.375 e. The maximum atomic E-state index is 12.9. The summed E-state index contributed by atoms with van der Waals surface area (Å²) in [6, 6.07) is 14.8. The number of hydrogen-bond donors (Lipinski definition) is 2. The predicted octanol–water partition coefficient (Wildman–Crippen LogP) is 4.74. The van der Waals surface area contributed by atoms with Crippen LogP contribution >= 0.6 is 11.6 Å². The Kier molecular flexibility index (Phi) is 7.14. The molecule has 1 aliphatic carbocycles. The third kappa shape index (κ3) is 4.96. The number of benzene rings is 2. The number of rotatable bonds is 7. The van der Waals surface area contributed by atoms with Crippen LogP contribution < -0.4 is 10.6 Å². The molecule has 1 saturated carbocycles. The van der Waals surface area contributed by atoms with Crippen molar-refractivity contribution < 1.29 is 14.4 Å². The van der Waals surface area contributed by atoms with Crippen molar-refractivity contribution in [3.63, 3.8) is 0 Å². The normalized spacial score (nSPS) is 17.0. The summed E-state index contributed by atoms with van der Waals surface area (Å²) in [5, 5.41) is 5.95. The number of anilines is 1. The summed E-state index contributed by atoms with van der Waals surface area (Å²) in [6.45, 7) is 2.37. The predicted molar refractivity (Wildman–Crippen MR) is 129 cm³/mol. The number of nitrogens with one attached hydrogen (secondary N) is 2. The van der Waals surface area contributed by atoms with Gasteiger partial charge in [-0.05, 0) is 48.6 Å². The highest BCUT2D eigenvalue weighted by Crippen LogP contribution is 2.30. The summed E-state index contributed by atoms with van der Waals surface area (Å²) in [4.78, 5) is 39.4. The van der Waals surface area contributed by atoms with Crippen molar-refractivity contribution in [3.05, 3.63) is 76.0 Å². The Labute approximate surface area is 199 Å². The maximum Gasteiger partial charge on any atom is 0.278 e. The molecule has 4 rings (SSSR count). The number of nitrogens with zero attached hydrogens (tertiary/aromatic N) is 1. The molecule has 2 aromatic carbocycles. The number of imide groups is 1. The summed E-state index contributed by atoms with van der Waals surface area (Å²) in [5.41, 5.74) is 3.45. The first-order valence-electron chi connectivity index (χ1n) is 11.5. The number of carbonyl (C=O) groups excluding carboxylic acids is 3. The van der Waals surface area contributed by atoms with Gasteiger partial charge in [0.1, 0.15) is 10.7 Å². The third-order valence-corrected chi connectivity index (χ3v) is 6.68. The van der Waals surface area contributed by atoms with Gasteiger partial charge in [0, 0.05) is 23.8 Å². The summed E-state index contributed by atoms with van der Waals surface area (Å²) in [6.07, 6.45) is 5.68. The smallest absolute Gasteiger partial charge is 0.278 e. The van der Waals surface area contributed by atoms with Crippen molar-refractivity contribution in [1.29, 1.82) is 0 Å². The van der Waals surface area contributed by atoms with E-state index in [1.807, 2.05) is 43.3 Å². The summed E-state index contributed by atoms with van der Waals surface area (Å²) < 4.78 is 0. The monoisotopic (exact) mass is 465 g/mol. The Balaban J connectivity index is 1.38. The zero-order chi connectivity index (χ0) is 23.4. The summed E-state index contributed by atoms with van der Waals surface area (Å²) in [7, 11) is 0. The molecule has 0 radical (unpaired) electrons. The van der Waals surface area contributed by atoms with E-state index < -0.39 is 5.91 Å². The third-order valence-electron chi connectivity index (χ3n) is 6.33. The fourth-order valence-corrected chi connectivity index (χ4v) is 4.69. The molecule has 0 atom stereocenters. The SMILES string of the molecule is CCc1ccccc1NC(=O)c1ccc(CNC2=C(Cl)C(=O)N(C3CCCCC3)C2=O)cc1. The molecule has 33 heavy (non-hydrogen) atoms. The van der Waals surface area contributed by atoms with Crippen LogP contribution in [0, 0.1) is 0 Å². The van der Waals surface area contributed by atoms with E-state index in [-0.39, 0.29) is 28.6 Å². The van der Waals surface area contributed by atoms with Crippen molar-refractivity contribution in [2.24, 2.45) is 0 Å². The van der Waals surface area contributed by atoms with Crippen molar-refractivity contribution in [2.75, 3.05) is 5.32 Å². The minimum atomic E-state index is -0.407. The zero-order valence-corrected chi connectivity index (χ0v) is 19.5. The Morgan fingerprint density at radius 3 is 2.39 bits per heavy atom. The van der Waals surface area contributed by atoms with Crippen LogP contribution in [0.4, 0.5) is 5.69 Å². The zero-order valence-electron chi connectivity index (χ0n) is 18.7. The number of carbonyl (C=O) groups is 3. The van der Waals surface area contributed by atoms with Crippen LogP contribution in [0.15, 0.2) is 59.3 Å². The molecule has 2 aliphatic rings. The first-order valence-corrected chi connectivity index (χ1v) is 11.9. The van der Waals surface area contributed by atoms with E-state index in [9.17, 15) is 14.4 Å². The highest BCUT2D eigenvalue weighted by molar-refractivity contribution is 6.47. The Morgan fingerprint density at radius 1 is 1.00 bits per heavy atom. The van der Waals surface area contributed by atoms with E-state index in [1.54, 1.807) is 12.1 Å². The standard InChI is InChI=1S/C26H28ClN3O3/c1-2-18-8-6-7-11-21(18)29-24(31)19-14-12-17(13-15-19)16-28-23-22(27)25(32)30(26(23)33)20-9-4-3-5-10-20/h6-8,11-15,20,28H,2-5,9-10,16H2,1H3,(H,29,31). The van der Waals surface area contributed by atoms with E-state index >= 15 is 0 Å². The molecule has 3 amide bonds. The summed E-state index contributed by atoms with van der Waals surface area (Å²) >= 11 is 6.22. The van der Waals surface area contributed by atoms with Gasteiger partial charge in [-0.25, -0.2) is 0 Å². The van der Waals surface area contributed by atoms with E-state index in [0.717, 1.165) is 55.3 Å². The van der Waals surface area contributed by atoms with Crippen LogP contribution in [0.3, 0.4) is 0 Å². The molecule has 1 heterocycles. The molecule has 0 unspecified atom stereocenters. The molecule has 7 heteroatoms. The Hall–Kier alpha value is -3.12. The van der Waals surface area contributed by atoms with Crippen LogP contribution in [-0.4, -0.2) is 28.7 Å². The van der Waals surface area contributed by atoms with Crippen molar-refractivity contribution in [1.82, 2.24) is 10.2 Å². The van der Waals surface area contributed by atoms with E-state index in [1.165, 1.54) is 4.90 Å². The lowest BCUT2D eigenvalue weighted by Gasteiger charge is -2.29. The number of aryl methyl sites for hydroxylation is 1. The van der Waals surface area contributed by atoms with Gasteiger partial charge >= 0.3 is 0 Å². The number of hydrogen-bond acceptors (Lipinski definition) is 4. The first-order chi connectivity index (χ1) is 16.0. The van der Waals surface area contributed by atoms with Gasteiger partial charge in [0.25, 0.3) is 17.7 Å². The molecule has 1 fully saturated rings. The van der Waals surface area contributed by atoms with Gasteiger partial charge in [0.2, 0.25) is 0 Å². The van der Waals surface area contributed by atoms with Gasteiger partial charge in [-0.1, -0.05) is 68.1 Å². The first kappa shape index (κ1) is 23.1. The van der Waals surface area contributed by atoms with Gasteiger partial charge in [0.05, 0.1) is 0 Å². The summed E-state index contributed by atoms with van der Waals surface area (Å²) in [5.74, 6) is -0.932. The molecule has 6 nitrogen and oxygen atoms in total. The van der Waals surface area contributed by atoms with Crippen LogP contribution in [0.25, 0.3) is 0 Å². The van der Waals surface area contributed by atoms with Gasteiger partial charge in [-0.15, -0.1) is 0 Å². The van der Waals surface area contributed by atoms with Crippen LogP contribution in [-0.2, 0) is 22.6 Å². The topological polar surface area (TPSA) is 78.5 Å². The second-order valence-corrected chi connectivity index (χ2v) is 8.85. The molecule has 1 aliphatic heterocycles. The number of para-hydroxylation sites is 1. The molecule has 0 bridgehead atoms. The lowest BCUT2D eigenvalue weighted by atomic mass is 9.94. The lowest BCUT2D eigenvalue weighted by Crippen LogP contribution is -2.43. The van der Waals surface area contributed by atoms with Gasteiger partial charge in [0.15, 0.2) is 0 Å². The van der Waals surface area contributed by atoms with Crippen molar-refractivity contribution >= 4 is 35.0 Å². The molecule has 2 aromatic rings. The molecule has 0 saturated heterocycles. The highest BCUT2D eigenvalue weighted by Gasteiger charge is 2.41. The average Bonchev–Trinajstić information content (AvgIpc) is 3.06. The molecular weight excluding hydrogens is 438 g/mol. The Morgan fingerprint density at radius 2 is 1.70 bits per heavy atom. The maximum absolute atomic E-state index is 12.9. The van der Waals surface area contributed by atoms with Gasteiger partial charge < -0.3 is 10.6 Å². The second kappa shape index (κ2) is 10.2. The van der Waals surface area contributed by atoms with Crippen LogP contribution in [0.5, 0.6) is 0 Å². The van der Waals surface area contributed by atoms with Crippen LogP contribution in [0.1, 0.15) is 60.5 Å². The second-order valence-electron chi connectivity index (χ2n) is 8.48. The van der Waals surface area contributed by atoms with Crippen molar-refractivity contribution in [3.8, 4) is 0 Å². The molecular formula is C26H28ClN3O3. The minimum absolute atomic E-state index is 0.0452. The fourth-order valence-electron chi connectivity index (χ4n) is 4.45. The highest BCUT2D eigenvalue weighted by atomic mass is 35.5. The van der Waals surface area contributed by atoms with E-state index in [0.29, 0.717) is 12.1 Å². The van der Waals surface area contributed by atoms with Crippen molar-refractivity contribution in [2.45, 2.75) is 58.0 Å². The molecule has 2 N–H and O–H groups in total. The van der Waals surface area contributed by atoms with Crippen LogP contribution in [0.2, 0.25) is 0 Å². The van der Waals surface area contributed by atoms with Gasteiger partial charge in [-0.2, -0.15) is 0 Å². The molecule has 0 spiro atoms. The minimum Gasteiger partial charge on any atom is -0.375 e. The lowest BCUT2D eigenvalue weighted by molar-refractivity contribution is -0.140. The average molecular weight is 466 g/mol. The Bertz CT molecular complexity index is 1090. The van der Waals surface area contributed by atoms with E-state index in [4.69, 9.17) is 11.6 Å².